The zero-order valence-corrected chi connectivity index (χ0v) is 21.5. The smallest absolute Gasteiger partial charge is 0.295 e. The molecule has 1 aliphatic heterocycles. The molecule has 0 spiro atoms. The molecule has 0 radical (unpaired) electrons. The molecule has 3 rings (SSSR count). The summed E-state index contributed by atoms with van der Waals surface area (Å²) >= 11 is 6.30. The highest BCUT2D eigenvalue weighted by Crippen LogP contribution is 2.39. The first-order valence-corrected chi connectivity index (χ1v) is 11.9. The van der Waals surface area contributed by atoms with Crippen molar-refractivity contribution in [1.29, 1.82) is 0 Å². The van der Waals surface area contributed by atoms with Crippen LogP contribution in [0.25, 0.3) is 5.76 Å². The van der Waals surface area contributed by atoms with E-state index in [1.165, 1.54) is 11.0 Å². The number of ether oxygens (including phenoxy) is 1. The van der Waals surface area contributed by atoms with E-state index >= 15 is 0 Å². The number of nitrogens with one attached hydrogen (secondary N) is 1. The number of carbonyl (C=O) groups excluding carboxylic acids is 2. The minimum Gasteiger partial charge on any atom is -0.872 e. The van der Waals surface area contributed by atoms with Crippen LogP contribution in [0.4, 0.5) is 0 Å². The second-order valence-electron chi connectivity index (χ2n) is 9.88. The van der Waals surface area contributed by atoms with Crippen molar-refractivity contribution >= 4 is 29.1 Å². The number of ketones is 1. The Morgan fingerprint density at radius 1 is 1.12 bits per heavy atom. The van der Waals surface area contributed by atoms with Crippen molar-refractivity contribution in [2.24, 2.45) is 0 Å². The van der Waals surface area contributed by atoms with Crippen molar-refractivity contribution in [1.82, 2.24) is 4.90 Å². The highest BCUT2D eigenvalue weighted by molar-refractivity contribution is 6.46. The van der Waals surface area contributed by atoms with Gasteiger partial charge in [-0.1, -0.05) is 68.5 Å². The number of amides is 1. The molecule has 1 fully saturated rings. The number of likely N-dealkylation sites (tertiary alicyclic amines) is 1. The van der Waals surface area contributed by atoms with Gasteiger partial charge in [-0.2, -0.15) is 0 Å². The van der Waals surface area contributed by atoms with Gasteiger partial charge in [0.25, 0.3) is 5.91 Å². The maximum absolute atomic E-state index is 13.6. The quantitative estimate of drug-likeness (QED) is 0.372. The van der Waals surface area contributed by atoms with Gasteiger partial charge in [0.05, 0.1) is 44.9 Å². The third kappa shape index (κ3) is 5.29. The number of likely N-dealkylation sites (N-methyl/N-ethyl adjacent to an activating group) is 1. The molecule has 0 bridgehead atoms. The summed E-state index contributed by atoms with van der Waals surface area (Å²) in [5.41, 5.74) is 2.03. The van der Waals surface area contributed by atoms with Crippen LogP contribution < -0.4 is 14.7 Å². The van der Waals surface area contributed by atoms with Gasteiger partial charge in [-0.3, -0.25) is 9.59 Å². The molecule has 1 amide bonds. The summed E-state index contributed by atoms with van der Waals surface area (Å²) < 4.78 is 5.45. The lowest BCUT2D eigenvalue weighted by molar-refractivity contribution is -0.857. The summed E-state index contributed by atoms with van der Waals surface area (Å²) in [4.78, 5) is 28.8. The average Bonchev–Trinajstić information content (AvgIpc) is 3.03. The molecule has 1 heterocycles. The topological polar surface area (TPSA) is 74.1 Å². The zero-order chi connectivity index (χ0) is 25.2. The van der Waals surface area contributed by atoms with Gasteiger partial charge < -0.3 is 19.6 Å². The Balaban J connectivity index is 2.13. The Kier molecular flexibility index (Phi) is 7.74. The maximum atomic E-state index is 13.6. The highest BCUT2D eigenvalue weighted by Gasteiger charge is 2.44. The van der Waals surface area contributed by atoms with Gasteiger partial charge in [0.15, 0.2) is 0 Å². The standard InChI is InChI=1S/C27H33ClN2O4/c1-7-34-21-13-10-18(16-20(21)28)24(31)22-23(17-8-11-19(12-9-17)27(2,3)4)30(15-14-29(5)6)26(33)25(22)32/h8-13,16,23,31H,7,14-15H2,1-6H3/b24-22+. The second-order valence-corrected chi connectivity index (χ2v) is 10.3. The second kappa shape index (κ2) is 10.2. The average molecular weight is 485 g/mol. The molecular weight excluding hydrogens is 452 g/mol. The predicted molar refractivity (Wildman–Crippen MR) is 132 cm³/mol. The van der Waals surface area contributed by atoms with Gasteiger partial charge in [0.1, 0.15) is 5.75 Å². The summed E-state index contributed by atoms with van der Waals surface area (Å²) in [7, 11) is 3.96. The third-order valence-corrected chi connectivity index (χ3v) is 6.26. The van der Waals surface area contributed by atoms with Crippen molar-refractivity contribution < 1.29 is 24.3 Å². The van der Waals surface area contributed by atoms with Gasteiger partial charge in [-0.05, 0) is 41.2 Å². The van der Waals surface area contributed by atoms with E-state index in [9.17, 15) is 14.7 Å². The minimum atomic E-state index is -0.756. The van der Waals surface area contributed by atoms with Crippen LogP contribution in [0.2, 0.25) is 5.02 Å². The third-order valence-electron chi connectivity index (χ3n) is 5.97. The molecule has 182 valence electrons. The van der Waals surface area contributed by atoms with Crippen LogP contribution in [0.15, 0.2) is 48.0 Å². The van der Waals surface area contributed by atoms with E-state index < -0.39 is 23.5 Å². The summed E-state index contributed by atoms with van der Waals surface area (Å²) in [6, 6.07) is 11.7. The monoisotopic (exact) mass is 484 g/mol. The van der Waals surface area contributed by atoms with Crippen molar-refractivity contribution in [3.8, 4) is 5.75 Å². The summed E-state index contributed by atoms with van der Waals surface area (Å²) in [6.07, 6.45) is 0. The number of hydrogen-bond donors (Lipinski definition) is 1. The first kappa shape index (κ1) is 25.8. The molecule has 0 saturated carbocycles. The van der Waals surface area contributed by atoms with E-state index in [2.05, 4.69) is 20.8 Å². The molecule has 1 saturated heterocycles. The molecular formula is C27H33ClN2O4. The summed E-state index contributed by atoms with van der Waals surface area (Å²) in [6.45, 7) is 9.64. The molecule has 1 aliphatic rings. The van der Waals surface area contributed by atoms with Crippen molar-refractivity contribution in [3.05, 3.63) is 69.8 Å². The van der Waals surface area contributed by atoms with Crippen LogP contribution >= 0.6 is 11.6 Å². The lowest BCUT2D eigenvalue weighted by Gasteiger charge is -2.28. The number of quaternary nitrogens is 1. The number of Topliss-reactive ketones (excluding diaryl/α,β-unsaturated/α-hetero) is 1. The van der Waals surface area contributed by atoms with Crippen LogP contribution in [0.5, 0.6) is 5.75 Å². The van der Waals surface area contributed by atoms with Crippen molar-refractivity contribution in [2.75, 3.05) is 33.8 Å². The molecule has 1 unspecified atom stereocenters. The molecule has 7 heteroatoms. The lowest BCUT2D eigenvalue weighted by atomic mass is 9.85. The number of benzene rings is 2. The summed E-state index contributed by atoms with van der Waals surface area (Å²) in [5, 5.41) is 13.9. The first-order chi connectivity index (χ1) is 16.0. The van der Waals surface area contributed by atoms with Gasteiger partial charge in [0, 0.05) is 5.57 Å². The Morgan fingerprint density at radius 3 is 2.29 bits per heavy atom. The normalized spacial score (nSPS) is 18.1. The van der Waals surface area contributed by atoms with E-state index in [-0.39, 0.29) is 21.6 Å². The molecule has 1 atom stereocenters. The Labute approximate surface area is 206 Å². The molecule has 6 nitrogen and oxygen atoms in total. The van der Waals surface area contributed by atoms with E-state index in [4.69, 9.17) is 16.3 Å². The Morgan fingerprint density at radius 2 is 1.76 bits per heavy atom. The molecule has 1 N–H and O–H groups in total. The van der Waals surface area contributed by atoms with E-state index in [0.29, 0.717) is 25.4 Å². The fourth-order valence-electron chi connectivity index (χ4n) is 4.03. The van der Waals surface area contributed by atoms with Crippen molar-refractivity contribution in [2.45, 2.75) is 39.2 Å². The fourth-order valence-corrected chi connectivity index (χ4v) is 4.26. The fraction of sp³-hybridized carbons (Fsp3) is 0.407. The van der Waals surface area contributed by atoms with Crippen LogP contribution in [-0.2, 0) is 15.0 Å². The number of halogens is 1. The van der Waals surface area contributed by atoms with Crippen LogP contribution in [0, 0.1) is 0 Å². The number of carbonyl (C=O) groups is 2. The van der Waals surface area contributed by atoms with E-state index in [1.54, 1.807) is 12.1 Å². The summed E-state index contributed by atoms with van der Waals surface area (Å²) in [5.74, 6) is -1.43. The van der Waals surface area contributed by atoms with E-state index in [1.807, 2.05) is 45.3 Å². The zero-order valence-electron chi connectivity index (χ0n) is 20.7. The van der Waals surface area contributed by atoms with Crippen LogP contribution in [0.3, 0.4) is 0 Å². The first-order valence-electron chi connectivity index (χ1n) is 11.5. The van der Waals surface area contributed by atoms with Gasteiger partial charge in [0.2, 0.25) is 5.78 Å². The minimum absolute atomic E-state index is 0.0394. The molecule has 0 aromatic heterocycles. The largest absolute Gasteiger partial charge is 0.872 e. The number of hydrogen-bond acceptors (Lipinski definition) is 4. The van der Waals surface area contributed by atoms with Gasteiger partial charge in [-0.25, -0.2) is 0 Å². The molecule has 34 heavy (non-hydrogen) atoms. The van der Waals surface area contributed by atoms with Gasteiger partial charge in [-0.15, -0.1) is 0 Å². The van der Waals surface area contributed by atoms with Crippen LogP contribution in [0.1, 0.15) is 50.4 Å². The van der Waals surface area contributed by atoms with Gasteiger partial charge >= 0.3 is 0 Å². The van der Waals surface area contributed by atoms with Crippen LogP contribution in [-0.4, -0.2) is 50.4 Å². The number of rotatable bonds is 7. The Hall–Kier alpha value is -2.83. The predicted octanol–water partition coefficient (Wildman–Crippen LogP) is 2.40. The van der Waals surface area contributed by atoms with E-state index in [0.717, 1.165) is 16.0 Å². The molecule has 2 aromatic carbocycles. The lowest BCUT2D eigenvalue weighted by Crippen LogP contribution is -3.06. The van der Waals surface area contributed by atoms with Crippen molar-refractivity contribution in [3.63, 3.8) is 0 Å². The SMILES string of the molecule is CCOc1ccc(/C([O-])=C2\C(=O)C(=O)N(CC[NH+](C)C)C2c2ccc(C(C)(C)C)cc2)cc1Cl. The molecule has 2 aromatic rings. The maximum Gasteiger partial charge on any atom is 0.295 e. The Bertz CT molecular complexity index is 1100. The number of nitrogens with zero attached hydrogens (tertiary/aromatic N) is 1. The molecule has 0 aliphatic carbocycles. The highest BCUT2D eigenvalue weighted by atomic mass is 35.5.